The molecule has 2 fully saturated rings. The lowest BCUT2D eigenvalue weighted by Crippen LogP contribution is -2.48. The molecule has 11 heteroatoms. The minimum absolute atomic E-state index is 0.00668. The second kappa shape index (κ2) is 9.71. The van der Waals surface area contributed by atoms with Gasteiger partial charge in [0.2, 0.25) is 11.3 Å². The molecule has 5 heterocycles. The van der Waals surface area contributed by atoms with Crippen LogP contribution < -0.4 is 21.0 Å². The fourth-order valence-electron chi connectivity index (χ4n) is 5.70. The fraction of sp³-hybridized carbons (Fsp3) is 0.407. The minimum Gasteiger partial charge on any atom is -0.353 e. The molecule has 0 radical (unpaired) electrons. The van der Waals surface area contributed by atoms with Crippen LogP contribution in [0.1, 0.15) is 29.6 Å². The lowest BCUT2D eigenvalue weighted by atomic mass is 10.1. The zero-order valence-electron chi connectivity index (χ0n) is 21.3. The number of nitrogens with one attached hydrogen (secondary N) is 2. The van der Waals surface area contributed by atoms with Crippen molar-refractivity contribution in [3.8, 4) is 0 Å². The number of hydrogen-bond donors (Lipinski definition) is 2. The van der Waals surface area contributed by atoms with Crippen LogP contribution in [-0.4, -0.2) is 76.5 Å². The van der Waals surface area contributed by atoms with E-state index < -0.39 is 17.2 Å². The molecule has 2 aliphatic heterocycles. The van der Waals surface area contributed by atoms with E-state index in [0.29, 0.717) is 31.8 Å². The van der Waals surface area contributed by atoms with Gasteiger partial charge in [0.25, 0.3) is 5.91 Å². The molecule has 0 aliphatic carbocycles. The number of aryl methyl sites for hydroxylation is 1. The summed E-state index contributed by atoms with van der Waals surface area (Å²) in [4.78, 5) is 47.7. The van der Waals surface area contributed by atoms with Crippen molar-refractivity contribution < 1.29 is 14.0 Å². The summed E-state index contributed by atoms with van der Waals surface area (Å²) in [6.07, 6.45) is 3.53. The van der Waals surface area contributed by atoms with E-state index in [0.717, 1.165) is 43.0 Å². The molecule has 4 aromatic rings. The lowest BCUT2D eigenvalue weighted by molar-refractivity contribution is -0.120. The molecule has 2 aliphatic rings. The average molecular weight is 520 g/mol. The number of pyridine rings is 2. The number of aromatic nitrogens is 3. The number of piperidine rings is 1. The first-order valence-electron chi connectivity index (χ1n) is 13.1. The van der Waals surface area contributed by atoms with Crippen LogP contribution in [0.2, 0.25) is 0 Å². The van der Waals surface area contributed by atoms with Gasteiger partial charge in [-0.05, 0) is 44.1 Å². The second-order valence-corrected chi connectivity index (χ2v) is 10.0. The Kier molecular flexibility index (Phi) is 6.22. The molecule has 0 atom stereocenters. The molecule has 0 spiro atoms. The van der Waals surface area contributed by atoms with Gasteiger partial charge >= 0.3 is 0 Å². The Labute approximate surface area is 218 Å². The van der Waals surface area contributed by atoms with Gasteiger partial charge < -0.3 is 25.0 Å². The molecule has 0 unspecified atom stereocenters. The number of fused-ring (bicyclic) bond motifs is 5. The third-order valence-electron chi connectivity index (χ3n) is 7.59. The molecular weight excluding hydrogens is 489 g/mol. The number of piperazine rings is 1. The Balaban J connectivity index is 1.50. The van der Waals surface area contributed by atoms with E-state index in [1.165, 1.54) is 6.42 Å². The van der Waals surface area contributed by atoms with Gasteiger partial charge in [0.05, 0.1) is 23.0 Å². The minimum atomic E-state index is -0.707. The van der Waals surface area contributed by atoms with Crippen LogP contribution in [0.25, 0.3) is 27.7 Å². The highest BCUT2D eigenvalue weighted by Crippen LogP contribution is 2.28. The number of imidazole rings is 1. The van der Waals surface area contributed by atoms with E-state index in [4.69, 9.17) is 0 Å². The summed E-state index contributed by atoms with van der Waals surface area (Å²) >= 11 is 0. The summed E-state index contributed by atoms with van der Waals surface area (Å²) in [6.45, 7) is 3.88. The van der Waals surface area contributed by atoms with Crippen LogP contribution in [0.15, 0.2) is 35.1 Å². The van der Waals surface area contributed by atoms with E-state index in [9.17, 15) is 14.4 Å². The van der Waals surface area contributed by atoms with Gasteiger partial charge in [0, 0.05) is 33.2 Å². The van der Waals surface area contributed by atoms with Crippen LogP contribution in [0.4, 0.5) is 10.2 Å². The molecule has 2 N–H and O–H groups in total. The van der Waals surface area contributed by atoms with Gasteiger partial charge in [-0.2, -0.15) is 0 Å². The van der Waals surface area contributed by atoms with Gasteiger partial charge in [0.1, 0.15) is 11.2 Å². The van der Waals surface area contributed by atoms with Crippen molar-refractivity contribution in [2.24, 2.45) is 7.05 Å². The van der Waals surface area contributed by atoms with E-state index >= 15 is 4.39 Å². The zero-order valence-corrected chi connectivity index (χ0v) is 21.3. The maximum absolute atomic E-state index is 15.4. The normalized spacial score (nSPS) is 16.9. The van der Waals surface area contributed by atoms with Gasteiger partial charge in [-0.15, -0.1) is 0 Å². The number of likely N-dealkylation sites (tertiary alicyclic amines) is 1. The van der Waals surface area contributed by atoms with E-state index in [-0.39, 0.29) is 34.9 Å². The predicted molar refractivity (Wildman–Crippen MR) is 143 cm³/mol. The summed E-state index contributed by atoms with van der Waals surface area (Å²) in [5.74, 6) is -1.41. The van der Waals surface area contributed by atoms with Crippen LogP contribution in [0, 0.1) is 5.82 Å². The van der Waals surface area contributed by atoms with Crippen LogP contribution in [-0.2, 0) is 11.8 Å². The first-order chi connectivity index (χ1) is 18.4. The number of anilines is 1. The molecule has 0 saturated carbocycles. The van der Waals surface area contributed by atoms with E-state index in [2.05, 4.69) is 20.5 Å². The molecule has 2 amide bonds. The third kappa shape index (κ3) is 4.07. The molecule has 3 aromatic heterocycles. The summed E-state index contributed by atoms with van der Waals surface area (Å²) in [7, 11) is 1.80. The number of carbonyl (C=O) groups excluding carboxylic acids is 2. The number of amides is 2. The fourth-order valence-corrected chi connectivity index (χ4v) is 5.70. The molecule has 1 aromatic carbocycles. The van der Waals surface area contributed by atoms with Crippen molar-refractivity contribution >= 4 is 45.3 Å². The first kappa shape index (κ1) is 24.4. The predicted octanol–water partition coefficient (Wildman–Crippen LogP) is 1.63. The standard InChI is InChI=1S/C27H30FN7O3/c1-32-19-7-3-4-8-20(19)35-24-17(15-18(28)25(31-24)34-14-10-29-21(36)16-34)23(37)22(27(32)35)26(38)30-9-13-33-11-5-2-6-12-33/h3-4,7-8,15H,2,5-6,9-14,16H2,1H3,(H,29,36)(H,30,38). The maximum Gasteiger partial charge on any atom is 0.259 e. The smallest absolute Gasteiger partial charge is 0.259 e. The van der Waals surface area contributed by atoms with Crippen molar-refractivity contribution in [3.63, 3.8) is 0 Å². The van der Waals surface area contributed by atoms with Crippen LogP contribution >= 0.6 is 0 Å². The van der Waals surface area contributed by atoms with Gasteiger partial charge in [0.15, 0.2) is 17.3 Å². The topological polar surface area (TPSA) is 104 Å². The highest BCUT2D eigenvalue weighted by molar-refractivity contribution is 6.06. The largest absolute Gasteiger partial charge is 0.353 e. The Morgan fingerprint density at radius 3 is 2.63 bits per heavy atom. The van der Waals surface area contributed by atoms with E-state index in [1.54, 1.807) is 20.9 Å². The Hall–Kier alpha value is -3.99. The van der Waals surface area contributed by atoms with Crippen molar-refractivity contribution in [2.75, 3.05) is 50.7 Å². The quantitative estimate of drug-likeness (QED) is 0.416. The number of carbonyl (C=O) groups is 2. The van der Waals surface area contributed by atoms with E-state index in [1.807, 2.05) is 24.3 Å². The molecule has 2 saturated heterocycles. The molecular formula is C27H30FN7O3. The van der Waals surface area contributed by atoms with Gasteiger partial charge in [-0.3, -0.25) is 18.8 Å². The highest BCUT2D eigenvalue weighted by atomic mass is 19.1. The zero-order chi connectivity index (χ0) is 26.4. The molecule has 10 nitrogen and oxygen atoms in total. The Bertz CT molecular complexity index is 1640. The Morgan fingerprint density at radius 1 is 1.11 bits per heavy atom. The second-order valence-electron chi connectivity index (χ2n) is 10.0. The van der Waals surface area contributed by atoms with Crippen LogP contribution in [0.5, 0.6) is 0 Å². The molecule has 198 valence electrons. The number of rotatable bonds is 5. The molecule has 6 rings (SSSR count). The van der Waals surface area contributed by atoms with Gasteiger partial charge in [-0.25, -0.2) is 9.37 Å². The summed E-state index contributed by atoms with van der Waals surface area (Å²) < 4.78 is 18.9. The number of halogens is 1. The number of nitrogens with zero attached hydrogens (tertiary/aromatic N) is 5. The summed E-state index contributed by atoms with van der Waals surface area (Å²) in [5, 5.41) is 5.67. The monoisotopic (exact) mass is 519 g/mol. The Morgan fingerprint density at radius 2 is 1.87 bits per heavy atom. The lowest BCUT2D eigenvalue weighted by Gasteiger charge is -2.28. The summed E-state index contributed by atoms with van der Waals surface area (Å²) in [5.41, 5.74) is 1.55. The number of benzene rings is 1. The summed E-state index contributed by atoms with van der Waals surface area (Å²) in [6, 6.07) is 8.67. The average Bonchev–Trinajstić information content (AvgIpc) is 3.21. The number of hydrogen-bond acceptors (Lipinski definition) is 6. The first-order valence-corrected chi connectivity index (χ1v) is 13.1. The third-order valence-corrected chi connectivity index (χ3v) is 7.59. The SMILES string of the molecule is Cn1c2ccccc2n2c3nc(N4CCNC(=O)C4)c(F)cc3c(=O)c(C(=O)NCCN3CCCCC3)c12. The van der Waals surface area contributed by atoms with Crippen molar-refractivity contribution in [2.45, 2.75) is 19.3 Å². The molecule has 38 heavy (non-hydrogen) atoms. The highest BCUT2D eigenvalue weighted by Gasteiger charge is 2.27. The number of para-hydroxylation sites is 2. The van der Waals surface area contributed by atoms with Gasteiger partial charge in [-0.1, -0.05) is 18.6 Å². The van der Waals surface area contributed by atoms with Crippen molar-refractivity contribution in [3.05, 3.63) is 51.9 Å². The maximum atomic E-state index is 15.4. The van der Waals surface area contributed by atoms with Crippen LogP contribution in [0.3, 0.4) is 0 Å². The van der Waals surface area contributed by atoms with Crippen molar-refractivity contribution in [1.82, 2.24) is 29.5 Å². The molecule has 0 bridgehead atoms. The van der Waals surface area contributed by atoms with Crippen molar-refractivity contribution in [1.29, 1.82) is 0 Å².